The van der Waals surface area contributed by atoms with Crippen molar-refractivity contribution in [2.75, 3.05) is 0 Å². The number of hydrogen-bond donors (Lipinski definition) is 2. The Balaban J connectivity index is 1.08. The molecule has 4 aromatic rings. The van der Waals surface area contributed by atoms with Gasteiger partial charge < -0.3 is 15.0 Å². The monoisotopic (exact) mass is 554 g/mol. The second-order valence-electron chi connectivity index (χ2n) is 11.3. The Bertz CT molecular complexity index is 1550. The molecule has 40 heavy (non-hydrogen) atoms. The predicted molar refractivity (Wildman–Crippen MR) is 154 cm³/mol. The Morgan fingerprint density at radius 3 is 2.48 bits per heavy atom. The van der Waals surface area contributed by atoms with Gasteiger partial charge in [0.2, 0.25) is 6.41 Å². The van der Waals surface area contributed by atoms with E-state index in [1.165, 1.54) is 0 Å². The smallest absolute Gasteiger partial charge is 0.251 e. The molecule has 2 bridgehead atoms. The first kappa shape index (κ1) is 25.1. The van der Waals surface area contributed by atoms with Gasteiger partial charge in [0.15, 0.2) is 0 Å². The van der Waals surface area contributed by atoms with Gasteiger partial charge in [-0.2, -0.15) is 5.10 Å². The minimum atomic E-state index is -0.121. The van der Waals surface area contributed by atoms with E-state index in [9.17, 15) is 9.59 Å². The molecule has 3 heterocycles. The van der Waals surface area contributed by atoms with Gasteiger partial charge in [-0.3, -0.25) is 14.7 Å². The first-order chi connectivity index (χ1) is 19.6. The fraction of sp³-hybridized carbons (Fsp3) is 0.344. The van der Waals surface area contributed by atoms with Crippen molar-refractivity contribution >= 4 is 34.8 Å². The van der Waals surface area contributed by atoms with Crippen LogP contribution in [0.4, 0.5) is 0 Å². The highest BCUT2D eigenvalue weighted by Crippen LogP contribution is 2.43. The van der Waals surface area contributed by atoms with Gasteiger partial charge in [-0.25, -0.2) is 0 Å². The predicted octanol–water partition coefficient (Wildman–Crippen LogP) is 6.30. The van der Waals surface area contributed by atoms with Crippen molar-refractivity contribution in [2.45, 2.75) is 62.8 Å². The van der Waals surface area contributed by atoms with Crippen LogP contribution >= 0.6 is 11.6 Å². The quantitative estimate of drug-likeness (QED) is 0.250. The lowest BCUT2D eigenvalue weighted by Crippen LogP contribution is -2.45. The van der Waals surface area contributed by atoms with Crippen LogP contribution in [-0.4, -0.2) is 45.6 Å². The standard InChI is InChI=1S/C32H31ClN4O3/c33-28-4-2-1-3-26(28)30(19-5-6-19)34-32(39)21-9-14-29-27(15-21)31(36-35-29)20-7-12-24(13-8-20)40-25-16-22-10-11-23(17-25)37(22)18-38/h1-4,7-9,12-15,18-19,22-23,25,30H,5-6,10-11,16-17H2,(H,34,39)(H,35,36)/t22-,23+,25+,30-/m0/s1. The van der Waals surface area contributed by atoms with Crippen LogP contribution < -0.4 is 10.1 Å². The van der Waals surface area contributed by atoms with Gasteiger partial charge in [0.25, 0.3) is 5.91 Å². The molecule has 2 N–H and O–H groups in total. The summed E-state index contributed by atoms with van der Waals surface area (Å²) >= 11 is 6.48. The lowest BCUT2D eigenvalue weighted by molar-refractivity contribution is -0.123. The second-order valence-corrected chi connectivity index (χ2v) is 11.7. The van der Waals surface area contributed by atoms with E-state index in [2.05, 4.69) is 15.5 Å². The molecule has 1 aromatic heterocycles. The minimum Gasteiger partial charge on any atom is -0.490 e. The maximum atomic E-state index is 13.4. The van der Waals surface area contributed by atoms with Gasteiger partial charge in [-0.05, 0) is 85.7 Å². The molecule has 2 saturated heterocycles. The molecule has 8 heteroatoms. The van der Waals surface area contributed by atoms with Crippen molar-refractivity contribution in [1.29, 1.82) is 0 Å². The number of amides is 2. The molecular formula is C32H31ClN4O3. The normalized spacial score (nSPS) is 22.7. The molecule has 7 nitrogen and oxygen atoms in total. The van der Waals surface area contributed by atoms with Gasteiger partial charge >= 0.3 is 0 Å². The number of aromatic amines is 1. The Hall–Kier alpha value is -3.84. The van der Waals surface area contributed by atoms with E-state index in [0.717, 1.165) is 78.4 Å². The van der Waals surface area contributed by atoms with Crippen molar-refractivity contribution in [2.24, 2.45) is 5.92 Å². The summed E-state index contributed by atoms with van der Waals surface area (Å²) in [5.41, 5.74) is 4.16. The molecule has 3 aliphatic rings. The Labute approximate surface area is 237 Å². The number of ether oxygens (including phenoxy) is 1. The summed E-state index contributed by atoms with van der Waals surface area (Å²) in [6, 6.07) is 21.8. The summed E-state index contributed by atoms with van der Waals surface area (Å²) in [6.45, 7) is 0. The summed E-state index contributed by atoms with van der Waals surface area (Å²) in [7, 11) is 0. The number of rotatable bonds is 8. The molecule has 7 rings (SSSR count). The fourth-order valence-electron chi connectivity index (χ4n) is 6.52. The maximum Gasteiger partial charge on any atom is 0.251 e. The summed E-state index contributed by atoms with van der Waals surface area (Å²) in [6.07, 6.45) is 7.18. The van der Waals surface area contributed by atoms with Crippen molar-refractivity contribution in [1.82, 2.24) is 20.4 Å². The largest absolute Gasteiger partial charge is 0.490 e. The highest BCUT2D eigenvalue weighted by Gasteiger charge is 2.41. The SMILES string of the molecule is O=CN1[C@@H]2CC[C@H]1C[C@@H](Oc1ccc(-c3n[nH]c4ccc(C(=O)N[C@H](c5ccccc5Cl)C5CC5)cc34)cc1)C2. The van der Waals surface area contributed by atoms with Crippen LogP contribution in [0.5, 0.6) is 5.75 Å². The summed E-state index contributed by atoms with van der Waals surface area (Å²) < 4.78 is 6.31. The van der Waals surface area contributed by atoms with Crippen LogP contribution in [0.15, 0.2) is 66.7 Å². The number of carbonyl (C=O) groups is 2. The van der Waals surface area contributed by atoms with E-state index in [1.807, 2.05) is 71.6 Å². The zero-order valence-corrected chi connectivity index (χ0v) is 22.8. The number of aromatic nitrogens is 2. The van der Waals surface area contributed by atoms with Gasteiger partial charge in [0.1, 0.15) is 11.9 Å². The molecule has 204 valence electrons. The number of H-pyrrole nitrogens is 1. The average Bonchev–Trinajstić information content (AvgIpc) is 3.68. The van der Waals surface area contributed by atoms with Crippen molar-refractivity contribution in [3.05, 3.63) is 82.9 Å². The topological polar surface area (TPSA) is 87.3 Å². The second kappa shape index (κ2) is 10.3. The van der Waals surface area contributed by atoms with Crippen molar-refractivity contribution < 1.29 is 14.3 Å². The number of hydrogen-bond acceptors (Lipinski definition) is 4. The van der Waals surface area contributed by atoms with Crippen LogP contribution in [0, 0.1) is 5.92 Å². The summed E-state index contributed by atoms with van der Waals surface area (Å²) in [4.78, 5) is 26.7. The number of fused-ring (bicyclic) bond motifs is 3. The molecule has 3 aromatic carbocycles. The van der Waals surface area contributed by atoms with Crippen LogP contribution in [-0.2, 0) is 4.79 Å². The van der Waals surface area contributed by atoms with Gasteiger partial charge in [-0.15, -0.1) is 0 Å². The average molecular weight is 555 g/mol. The van der Waals surface area contributed by atoms with Crippen LogP contribution in [0.1, 0.15) is 60.5 Å². The zero-order valence-electron chi connectivity index (χ0n) is 22.1. The van der Waals surface area contributed by atoms with Gasteiger partial charge in [0.05, 0.1) is 17.3 Å². The lowest BCUT2D eigenvalue weighted by Gasteiger charge is -2.36. The van der Waals surface area contributed by atoms with Crippen molar-refractivity contribution in [3.8, 4) is 17.0 Å². The van der Waals surface area contributed by atoms with Gasteiger partial charge in [-0.1, -0.05) is 29.8 Å². The molecule has 1 saturated carbocycles. The van der Waals surface area contributed by atoms with Crippen LogP contribution in [0.3, 0.4) is 0 Å². The third-order valence-electron chi connectivity index (χ3n) is 8.74. The Morgan fingerprint density at radius 1 is 1.02 bits per heavy atom. The first-order valence-corrected chi connectivity index (χ1v) is 14.5. The maximum absolute atomic E-state index is 13.4. The molecule has 3 fully saturated rings. The Morgan fingerprint density at radius 2 is 1.77 bits per heavy atom. The Kier molecular flexibility index (Phi) is 6.47. The molecule has 0 spiro atoms. The van der Waals surface area contributed by atoms with E-state index in [1.54, 1.807) is 0 Å². The molecule has 0 unspecified atom stereocenters. The number of carbonyl (C=O) groups excluding carboxylic acids is 2. The lowest BCUT2D eigenvalue weighted by atomic mass is 10.0. The molecule has 2 aliphatic heterocycles. The third kappa shape index (κ3) is 4.73. The number of nitrogens with zero attached hydrogens (tertiary/aromatic N) is 2. The number of piperidine rings is 1. The molecule has 1 aliphatic carbocycles. The molecule has 4 atom stereocenters. The molecular weight excluding hydrogens is 524 g/mol. The van der Waals surface area contributed by atoms with Crippen LogP contribution in [0.2, 0.25) is 5.02 Å². The summed E-state index contributed by atoms with van der Waals surface area (Å²) in [5, 5.41) is 12.5. The number of nitrogens with one attached hydrogen (secondary N) is 2. The van der Waals surface area contributed by atoms with E-state index in [0.29, 0.717) is 28.6 Å². The van der Waals surface area contributed by atoms with Crippen molar-refractivity contribution in [3.63, 3.8) is 0 Å². The van der Waals surface area contributed by atoms with E-state index >= 15 is 0 Å². The first-order valence-electron chi connectivity index (χ1n) is 14.1. The van der Waals surface area contributed by atoms with E-state index < -0.39 is 0 Å². The van der Waals surface area contributed by atoms with E-state index in [4.69, 9.17) is 16.3 Å². The van der Waals surface area contributed by atoms with E-state index in [-0.39, 0.29) is 18.1 Å². The van der Waals surface area contributed by atoms with Gasteiger partial charge in [0, 0.05) is 46.5 Å². The number of halogens is 1. The molecule has 0 radical (unpaired) electrons. The molecule has 2 amide bonds. The summed E-state index contributed by atoms with van der Waals surface area (Å²) in [5.74, 6) is 1.10. The third-order valence-corrected chi connectivity index (χ3v) is 9.09. The highest BCUT2D eigenvalue weighted by molar-refractivity contribution is 6.31. The number of benzene rings is 3. The fourth-order valence-corrected chi connectivity index (χ4v) is 6.78. The minimum absolute atomic E-state index is 0.103. The zero-order chi connectivity index (χ0) is 27.2. The van der Waals surface area contributed by atoms with Crippen LogP contribution in [0.25, 0.3) is 22.2 Å². The highest BCUT2D eigenvalue weighted by atomic mass is 35.5.